The van der Waals surface area contributed by atoms with E-state index in [1.807, 2.05) is 30.5 Å². The van der Waals surface area contributed by atoms with E-state index in [1.165, 1.54) is 14.2 Å². The summed E-state index contributed by atoms with van der Waals surface area (Å²) in [6.45, 7) is 1.49. The number of nitrogens with zero attached hydrogens (tertiary/aromatic N) is 1. The van der Waals surface area contributed by atoms with Crippen molar-refractivity contribution in [2.75, 3.05) is 26.1 Å². The van der Waals surface area contributed by atoms with E-state index in [9.17, 15) is 9.59 Å². The molecule has 150 valence electrons. The van der Waals surface area contributed by atoms with Crippen LogP contribution in [0.25, 0.3) is 11.3 Å². The monoisotopic (exact) mass is 412 g/mol. The van der Waals surface area contributed by atoms with Gasteiger partial charge in [0.1, 0.15) is 17.1 Å². The number of carbonyl (C=O) groups excluding carboxylic acids is 2. The van der Waals surface area contributed by atoms with Gasteiger partial charge in [0.25, 0.3) is 5.91 Å². The summed E-state index contributed by atoms with van der Waals surface area (Å²) in [5, 5.41) is 5.64. The molecule has 1 heterocycles. The molecular weight excluding hydrogens is 392 g/mol. The first-order valence-corrected chi connectivity index (χ1v) is 9.60. The summed E-state index contributed by atoms with van der Waals surface area (Å²) in [5.41, 5.74) is 2.46. The highest BCUT2D eigenvalue weighted by Crippen LogP contribution is 2.29. The molecule has 3 aromatic rings. The zero-order valence-electron chi connectivity index (χ0n) is 16.2. The number of methoxy groups -OCH3 is 2. The van der Waals surface area contributed by atoms with Crippen LogP contribution in [0.2, 0.25) is 0 Å². The third kappa shape index (κ3) is 4.91. The highest BCUT2D eigenvalue weighted by molar-refractivity contribution is 7.09. The van der Waals surface area contributed by atoms with Crippen molar-refractivity contribution in [3.05, 3.63) is 58.4 Å². The minimum atomic E-state index is -0.707. The van der Waals surface area contributed by atoms with Gasteiger partial charge in [-0.15, -0.1) is 11.3 Å². The number of aromatic nitrogens is 1. The average molecular weight is 412 g/mol. The predicted molar refractivity (Wildman–Crippen MR) is 111 cm³/mol. The molecule has 8 heteroatoms. The molecule has 0 aliphatic heterocycles. The van der Waals surface area contributed by atoms with Crippen LogP contribution in [0.4, 0.5) is 5.69 Å². The summed E-state index contributed by atoms with van der Waals surface area (Å²) in [5.74, 6) is -0.554. The number of nitrogens with one attached hydrogen (secondary N) is 1. The van der Waals surface area contributed by atoms with Crippen molar-refractivity contribution >= 4 is 28.9 Å². The van der Waals surface area contributed by atoms with E-state index >= 15 is 0 Å². The Labute approximate surface area is 172 Å². The van der Waals surface area contributed by atoms with Gasteiger partial charge in [0, 0.05) is 16.6 Å². The lowest BCUT2D eigenvalue weighted by Crippen LogP contribution is -2.21. The van der Waals surface area contributed by atoms with Crippen LogP contribution in [-0.4, -0.2) is 37.7 Å². The molecule has 2 aromatic carbocycles. The molecular formula is C21H20N2O5S. The van der Waals surface area contributed by atoms with Crippen LogP contribution in [0, 0.1) is 6.92 Å². The van der Waals surface area contributed by atoms with Crippen molar-refractivity contribution in [3.63, 3.8) is 0 Å². The molecule has 0 saturated heterocycles. The SMILES string of the molecule is COc1cccc(OC)c1C(=O)OCC(=O)Nc1cccc(-c2csc(C)n2)c1. The van der Waals surface area contributed by atoms with Gasteiger partial charge in [-0.25, -0.2) is 9.78 Å². The maximum atomic E-state index is 12.4. The summed E-state index contributed by atoms with van der Waals surface area (Å²) in [4.78, 5) is 29.1. The number of anilines is 1. The standard InChI is InChI=1S/C21H20N2O5S/c1-13-22-16(12-29-13)14-6-4-7-15(10-14)23-19(24)11-28-21(25)20-17(26-2)8-5-9-18(20)27-3/h4-10,12H,11H2,1-3H3,(H,23,24). The van der Waals surface area contributed by atoms with E-state index in [0.717, 1.165) is 16.3 Å². The van der Waals surface area contributed by atoms with Crippen molar-refractivity contribution in [2.45, 2.75) is 6.92 Å². The predicted octanol–water partition coefficient (Wildman–Crippen LogP) is 3.93. The molecule has 3 rings (SSSR count). The van der Waals surface area contributed by atoms with E-state index < -0.39 is 18.5 Å². The highest BCUT2D eigenvalue weighted by Gasteiger charge is 2.20. The fourth-order valence-electron chi connectivity index (χ4n) is 2.71. The van der Waals surface area contributed by atoms with E-state index in [-0.39, 0.29) is 5.56 Å². The Hall–Kier alpha value is -3.39. The lowest BCUT2D eigenvalue weighted by atomic mass is 10.1. The molecule has 0 aliphatic carbocycles. The number of hydrogen-bond acceptors (Lipinski definition) is 7. The molecule has 0 aliphatic rings. The number of hydrogen-bond donors (Lipinski definition) is 1. The molecule has 0 atom stereocenters. The molecule has 29 heavy (non-hydrogen) atoms. The molecule has 0 radical (unpaired) electrons. The van der Waals surface area contributed by atoms with Gasteiger partial charge >= 0.3 is 5.97 Å². The fraction of sp³-hybridized carbons (Fsp3) is 0.190. The Morgan fingerprint density at radius 2 is 1.76 bits per heavy atom. The number of carbonyl (C=O) groups is 2. The van der Waals surface area contributed by atoms with E-state index in [1.54, 1.807) is 35.6 Å². The summed E-state index contributed by atoms with van der Waals surface area (Å²) in [7, 11) is 2.88. The molecule has 0 fully saturated rings. The molecule has 0 saturated carbocycles. The average Bonchev–Trinajstić information content (AvgIpc) is 3.18. The molecule has 7 nitrogen and oxygen atoms in total. The summed E-state index contributed by atoms with van der Waals surface area (Å²) < 4.78 is 15.5. The first-order valence-electron chi connectivity index (χ1n) is 8.72. The quantitative estimate of drug-likeness (QED) is 0.592. The number of rotatable bonds is 7. The van der Waals surface area contributed by atoms with Gasteiger partial charge in [-0.05, 0) is 31.2 Å². The fourth-order valence-corrected chi connectivity index (χ4v) is 3.33. The van der Waals surface area contributed by atoms with Gasteiger partial charge in [-0.3, -0.25) is 4.79 Å². The lowest BCUT2D eigenvalue weighted by molar-refractivity contribution is -0.119. The number of esters is 1. The first kappa shape index (κ1) is 20.3. The van der Waals surface area contributed by atoms with Crippen LogP contribution in [0.1, 0.15) is 15.4 Å². The normalized spacial score (nSPS) is 10.3. The molecule has 0 unspecified atom stereocenters. The second-order valence-electron chi connectivity index (χ2n) is 5.99. The number of benzene rings is 2. The topological polar surface area (TPSA) is 86.8 Å². The summed E-state index contributed by atoms with van der Waals surface area (Å²) in [6.07, 6.45) is 0. The lowest BCUT2D eigenvalue weighted by Gasteiger charge is -2.12. The maximum absolute atomic E-state index is 12.4. The van der Waals surface area contributed by atoms with Gasteiger partial charge in [-0.1, -0.05) is 18.2 Å². The van der Waals surface area contributed by atoms with Crippen LogP contribution in [0.3, 0.4) is 0 Å². The van der Waals surface area contributed by atoms with Gasteiger partial charge in [-0.2, -0.15) is 0 Å². The van der Waals surface area contributed by atoms with Gasteiger partial charge in [0.05, 0.1) is 24.9 Å². The Morgan fingerprint density at radius 1 is 1.07 bits per heavy atom. The number of ether oxygens (including phenoxy) is 3. The van der Waals surface area contributed by atoms with Crippen LogP contribution in [0.5, 0.6) is 11.5 Å². The van der Waals surface area contributed by atoms with Crippen LogP contribution >= 0.6 is 11.3 Å². The van der Waals surface area contributed by atoms with Crippen LogP contribution in [0.15, 0.2) is 47.8 Å². The van der Waals surface area contributed by atoms with Crippen molar-refractivity contribution in [2.24, 2.45) is 0 Å². The van der Waals surface area contributed by atoms with Gasteiger partial charge in [0.2, 0.25) is 0 Å². The molecule has 0 bridgehead atoms. The minimum absolute atomic E-state index is 0.131. The van der Waals surface area contributed by atoms with Crippen molar-refractivity contribution in [1.82, 2.24) is 4.98 Å². The third-order valence-corrected chi connectivity index (χ3v) is 4.80. The van der Waals surface area contributed by atoms with Gasteiger partial charge in [0.15, 0.2) is 6.61 Å². The Bertz CT molecular complexity index is 1010. The number of aryl methyl sites for hydroxylation is 1. The smallest absolute Gasteiger partial charge is 0.346 e. The summed E-state index contributed by atoms with van der Waals surface area (Å²) in [6, 6.07) is 12.2. The zero-order chi connectivity index (χ0) is 20.8. The van der Waals surface area contributed by atoms with Crippen LogP contribution < -0.4 is 14.8 Å². The first-order chi connectivity index (χ1) is 14.0. The van der Waals surface area contributed by atoms with E-state index in [0.29, 0.717) is 17.2 Å². The Balaban J connectivity index is 1.64. The van der Waals surface area contributed by atoms with Gasteiger partial charge < -0.3 is 19.5 Å². The zero-order valence-corrected chi connectivity index (χ0v) is 17.0. The Kier molecular flexibility index (Phi) is 6.46. The molecule has 1 aromatic heterocycles. The number of amides is 1. The molecule has 0 spiro atoms. The maximum Gasteiger partial charge on any atom is 0.346 e. The Morgan fingerprint density at radius 3 is 2.38 bits per heavy atom. The molecule has 1 amide bonds. The minimum Gasteiger partial charge on any atom is -0.496 e. The van der Waals surface area contributed by atoms with Crippen molar-refractivity contribution < 1.29 is 23.8 Å². The number of thiazole rings is 1. The second-order valence-corrected chi connectivity index (χ2v) is 7.06. The van der Waals surface area contributed by atoms with Crippen molar-refractivity contribution in [3.8, 4) is 22.8 Å². The van der Waals surface area contributed by atoms with Crippen molar-refractivity contribution in [1.29, 1.82) is 0 Å². The van der Waals surface area contributed by atoms with E-state index in [2.05, 4.69) is 10.3 Å². The van der Waals surface area contributed by atoms with Crippen LogP contribution in [-0.2, 0) is 9.53 Å². The largest absolute Gasteiger partial charge is 0.496 e. The third-order valence-electron chi connectivity index (χ3n) is 4.03. The summed E-state index contributed by atoms with van der Waals surface area (Å²) >= 11 is 1.56. The molecule has 1 N–H and O–H groups in total. The van der Waals surface area contributed by atoms with E-state index in [4.69, 9.17) is 14.2 Å². The second kappa shape index (κ2) is 9.20. The highest BCUT2D eigenvalue weighted by atomic mass is 32.1.